The summed E-state index contributed by atoms with van der Waals surface area (Å²) in [6.45, 7) is 3.81. The summed E-state index contributed by atoms with van der Waals surface area (Å²) >= 11 is 0. The van der Waals surface area contributed by atoms with Crippen molar-refractivity contribution >= 4 is 5.78 Å². The van der Waals surface area contributed by atoms with E-state index in [4.69, 9.17) is 14.2 Å². The fourth-order valence-corrected chi connectivity index (χ4v) is 2.30. The van der Waals surface area contributed by atoms with Gasteiger partial charge in [0.25, 0.3) is 0 Å². The Morgan fingerprint density at radius 2 is 1.48 bits per heavy atom. The molecule has 0 N–H and O–H groups in total. The van der Waals surface area contributed by atoms with E-state index in [1.165, 1.54) is 0 Å². The molecule has 2 rings (SSSR count). The first-order valence-corrected chi connectivity index (χ1v) is 7.53. The van der Waals surface area contributed by atoms with Crippen molar-refractivity contribution in [3.05, 3.63) is 59.7 Å². The SMILES string of the molecule is COc1cc(OC)cc(C(OC(C)C)C(=O)c2ccccc2)c1. The molecule has 2 aromatic carbocycles. The monoisotopic (exact) mass is 314 g/mol. The van der Waals surface area contributed by atoms with Crippen LogP contribution >= 0.6 is 0 Å². The molecular weight excluding hydrogens is 292 g/mol. The molecule has 0 aliphatic rings. The van der Waals surface area contributed by atoms with Gasteiger partial charge in [-0.1, -0.05) is 30.3 Å². The summed E-state index contributed by atoms with van der Waals surface area (Å²) in [6.07, 6.45) is -0.800. The molecule has 2 aromatic rings. The lowest BCUT2D eigenvalue weighted by Gasteiger charge is -2.21. The van der Waals surface area contributed by atoms with E-state index in [0.717, 1.165) is 0 Å². The summed E-state index contributed by atoms with van der Waals surface area (Å²) in [5, 5.41) is 0. The predicted octanol–water partition coefficient (Wildman–Crippen LogP) is 4.05. The molecule has 0 amide bonds. The minimum absolute atomic E-state index is 0.0883. The molecule has 4 heteroatoms. The number of ether oxygens (including phenoxy) is 3. The lowest BCUT2D eigenvalue weighted by molar-refractivity contribution is 0.0113. The maximum Gasteiger partial charge on any atom is 0.196 e. The topological polar surface area (TPSA) is 44.8 Å². The molecule has 1 unspecified atom stereocenters. The summed E-state index contributed by atoms with van der Waals surface area (Å²) in [6, 6.07) is 14.5. The van der Waals surface area contributed by atoms with Gasteiger partial charge in [0.05, 0.1) is 20.3 Å². The highest BCUT2D eigenvalue weighted by Crippen LogP contribution is 2.31. The van der Waals surface area contributed by atoms with Crippen LogP contribution in [0.4, 0.5) is 0 Å². The second-order valence-corrected chi connectivity index (χ2v) is 5.44. The van der Waals surface area contributed by atoms with Crippen molar-refractivity contribution in [2.45, 2.75) is 26.1 Å². The molecular formula is C19H22O4. The van der Waals surface area contributed by atoms with Crippen LogP contribution in [0, 0.1) is 0 Å². The maximum atomic E-state index is 12.9. The van der Waals surface area contributed by atoms with Gasteiger partial charge in [0.15, 0.2) is 5.78 Å². The average Bonchev–Trinajstić information content (AvgIpc) is 2.59. The van der Waals surface area contributed by atoms with Gasteiger partial charge < -0.3 is 14.2 Å². The molecule has 0 bridgehead atoms. The number of carbonyl (C=O) groups is 1. The number of ketones is 1. The van der Waals surface area contributed by atoms with E-state index in [2.05, 4.69) is 0 Å². The Balaban J connectivity index is 2.44. The van der Waals surface area contributed by atoms with Crippen LogP contribution in [0.3, 0.4) is 0 Å². The van der Waals surface area contributed by atoms with Crippen molar-refractivity contribution in [3.63, 3.8) is 0 Å². The Bertz CT molecular complexity index is 627. The first kappa shape index (κ1) is 17.0. The van der Waals surface area contributed by atoms with Crippen LogP contribution in [-0.2, 0) is 4.74 Å². The normalized spacial score (nSPS) is 12.0. The van der Waals surface area contributed by atoms with E-state index >= 15 is 0 Å². The molecule has 122 valence electrons. The molecule has 0 aromatic heterocycles. The van der Waals surface area contributed by atoms with Crippen LogP contribution in [0.15, 0.2) is 48.5 Å². The van der Waals surface area contributed by atoms with Gasteiger partial charge in [-0.15, -0.1) is 0 Å². The summed E-state index contributed by atoms with van der Waals surface area (Å²) in [5.41, 5.74) is 1.32. The van der Waals surface area contributed by atoms with Crippen molar-refractivity contribution in [2.75, 3.05) is 14.2 Å². The smallest absolute Gasteiger partial charge is 0.196 e. The lowest BCUT2D eigenvalue weighted by Crippen LogP contribution is -2.20. The molecule has 0 radical (unpaired) electrons. The van der Waals surface area contributed by atoms with Gasteiger partial charge in [0.2, 0.25) is 0 Å². The summed E-state index contributed by atoms with van der Waals surface area (Å²) < 4.78 is 16.5. The van der Waals surface area contributed by atoms with E-state index in [1.807, 2.05) is 32.0 Å². The number of carbonyl (C=O) groups excluding carboxylic acids is 1. The highest BCUT2D eigenvalue weighted by Gasteiger charge is 2.25. The van der Waals surface area contributed by atoms with Crippen molar-refractivity contribution in [2.24, 2.45) is 0 Å². The van der Waals surface area contributed by atoms with Crippen molar-refractivity contribution in [1.29, 1.82) is 0 Å². The second-order valence-electron chi connectivity index (χ2n) is 5.44. The van der Waals surface area contributed by atoms with Crippen LogP contribution in [-0.4, -0.2) is 26.1 Å². The Hall–Kier alpha value is -2.33. The maximum absolute atomic E-state index is 12.9. The van der Waals surface area contributed by atoms with Gasteiger partial charge in [-0.3, -0.25) is 4.79 Å². The first-order valence-electron chi connectivity index (χ1n) is 7.53. The van der Waals surface area contributed by atoms with Crippen molar-refractivity contribution < 1.29 is 19.0 Å². The zero-order valence-corrected chi connectivity index (χ0v) is 13.9. The number of benzene rings is 2. The number of rotatable bonds is 7. The zero-order valence-electron chi connectivity index (χ0n) is 13.9. The third-order valence-electron chi connectivity index (χ3n) is 3.38. The van der Waals surface area contributed by atoms with E-state index < -0.39 is 6.10 Å². The van der Waals surface area contributed by atoms with Gasteiger partial charge >= 0.3 is 0 Å². The fourth-order valence-electron chi connectivity index (χ4n) is 2.30. The number of Topliss-reactive ketones (excluding diaryl/α,β-unsaturated/α-hetero) is 1. The summed E-state index contributed by atoms with van der Waals surface area (Å²) in [5.74, 6) is 1.16. The molecule has 4 nitrogen and oxygen atoms in total. The fraction of sp³-hybridized carbons (Fsp3) is 0.316. The minimum Gasteiger partial charge on any atom is -0.497 e. The van der Waals surface area contributed by atoms with Crippen LogP contribution in [0.1, 0.15) is 35.9 Å². The first-order chi connectivity index (χ1) is 11.0. The number of hydrogen-bond acceptors (Lipinski definition) is 4. The van der Waals surface area contributed by atoms with Crippen molar-refractivity contribution in [3.8, 4) is 11.5 Å². The molecule has 0 saturated heterocycles. The van der Waals surface area contributed by atoms with E-state index in [1.54, 1.807) is 44.6 Å². The standard InChI is InChI=1S/C19H22O4/c1-13(2)23-19(18(20)14-8-6-5-7-9-14)15-10-16(21-3)12-17(11-15)22-4/h5-13,19H,1-4H3. The predicted molar refractivity (Wildman–Crippen MR) is 89.3 cm³/mol. The summed E-state index contributed by atoms with van der Waals surface area (Å²) in [7, 11) is 3.16. The van der Waals surface area contributed by atoms with Gasteiger partial charge in [-0.2, -0.15) is 0 Å². The summed E-state index contributed by atoms with van der Waals surface area (Å²) in [4.78, 5) is 12.9. The Labute approximate surface area is 137 Å². The lowest BCUT2D eigenvalue weighted by atomic mass is 9.99. The third-order valence-corrected chi connectivity index (χ3v) is 3.38. The molecule has 0 saturated carbocycles. The molecule has 0 fully saturated rings. The van der Waals surface area contributed by atoms with Crippen molar-refractivity contribution in [1.82, 2.24) is 0 Å². The van der Waals surface area contributed by atoms with Crippen LogP contribution in [0.2, 0.25) is 0 Å². The van der Waals surface area contributed by atoms with Gasteiger partial charge in [0.1, 0.15) is 17.6 Å². The van der Waals surface area contributed by atoms with E-state index in [-0.39, 0.29) is 11.9 Å². The highest BCUT2D eigenvalue weighted by molar-refractivity contribution is 6.00. The zero-order chi connectivity index (χ0) is 16.8. The largest absolute Gasteiger partial charge is 0.497 e. The Kier molecular flexibility index (Phi) is 5.77. The van der Waals surface area contributed by atoms with E-state index in [0.29, 0.717) is 22.6 Å². The molecule has 1 atom stereocenters. The molecule has 0 heterocycles. The molecule has 23 heavy (non-hydrogen) atoms. The molecule has 0 aliphatic heterocycles. The highest BCUT2D eigenvalue weighted by atomic mass is 16.5. The number of hydrogen-bond donors (Lipinski definition) is 0. The minimum atomic E-state index is -0.707. The van der Waals surface area contributed by atoms with Gasteiger partial charge in [-0.25, -0.2) is 0 Å². The Morgan fingerprint density at radius 3 is 1.96 bits per heavy atom. The average molecular weight is 314 g/mol. The van der Waals surface area contributed by atoms with E-state index in [9.17, 15) is 4.79 Å². The van der Waals surface area contributed by atoms with Crippen LogP contribution in [0.25, 0.3) is 0 Å². The number of methoxy groups -OCH3 is 2. The van der Waals surface area contributed by atoms with Crippen LogP contribution < -0.4 is 9.47 Å². The van der Waals surface area contributed by atoms with Gasteiger partial charge in [0, 0.05) is 11.6 Å². The molecule has 0 aliphatic carbocycles. The molecule has 0 spiro atoms. The quantitative estimate of drug-likeness (QED) is 0.723. The third kappa shape index (κ3) is 4.33. The second kappa shape index (κ2) is 7.79. The Morgan fingerprint density at radius 1 is 0.913 bits per heavy atom. The van der Waals surface area contributed by atoms with Gasteiger partial charge in [-0.05, 0) is 31.5 Å². The van der Waals surface area contributed by atoms with Crippen LogP contribution in [0.5, 0.6) is 11.5 Å².